The maximum atomic E-state index is 13.2. The van der Waals surface area contributed by atoms with Crippen molar-refractivity contribution in [3.8, 4) is 0 Å². The molecule has 2 N–H and O–H groups in total. The number of carbonyl (C=O) groups excluding carboxylic acids is 1. The van der Waals surface area contributed by atoms with Crippen molar-refractivity contribution in [3.05, 3.63) is 35.1 Å². The Kier molecular flexibility index (Phi) is 4.43. The van der Waals surface area contributed by atoms with Crippen LogP contribution in [0.5, 0.6) is 0 Å². The highest BCUT2D eigenvalue weighted by molar-refractivity contribution is 5.94. The van der Waals surface area contributed by atoms with Gasteiger partial charge in [0, 0.05) is 5.56 Å². The Morgan fingerprint density at radius 2 is 2.25 bits per heavy atom. The van der Waals surface area contributed by atoms with E-state index < -0.39 is 5.82 Å². The van der Waals surface area contributed by atoms with Crippen LogP contribution in [0.15, 0.2) is 18.2 Å². The lowest BCUT2D eigenvalue weighted by Gasteiger charge is -2.14. The van der Waals surface area contributed by atoms with E-state index in [1.165, 1.54) is 6.07 Å². The van der Waals surface area contributed by atoms with Crippen molar-refractivity contribution < 1.29 is 14.3 Å². The van der Waals surface area contributed by atoms with Gasteiger partial charge in [0.2, 0.25) is 0 Å². The van der Waals surface area contributed by atoms with Crippen LogP contribution in [-0.4, -0.2) is 23.7 Å². The topological polar surface area (TPSA) is 49.3 Å². The van der Waals surface area contributed by atoms with Crippen LogP contribution in [0.25, 0.3) is 0 Å². The van der Waals surface area contributed by atoms with Gasteiger partial charge in [0.1, 0.15) is 5.82 Å². The summed E-state index contributed by atoms with van der Waals surface area (Å²) in [6.07, 6.45) is 0.635. The lowest BCUT2D eigenvalue weighted by atomic mass is 10.1. The summed E-state index contributed by atoms with van der Waals surface area (Å²) in [6, 6.07) is 4.05. The molecule has 0 unspecified atom stereocenters. The normalized spacial score (nSPS) is 12.2. The number of halogens is 1. The minimum Gasteiger partial charge on any atom is -0.394 e. The molecule has 0 saturated carbocycles. The minimum atomic E-state index is -0.398. The first kappa shape index (κ1) is 12.6. The third kappa shape index (κ3) is 3.03. The second kappa shape index (κ2) is 5.61. The molecule has 0 saturated heterocycles. The molecule has 1 rings (SSSR count). The van der Waals surface area contributed by atoms with E-state index in [2.05, 4.69) is 5.32 Å². The number of amides is 1. The molecule has 1 atom stereocenters. The Hall–Kier alpha value is -1.42. The van der Waals surface area contributed by atoms with Crippen molar-refractivity contribution in [2.75, 3.05) is 6.61 Å². The molecule has 0 fully saturated rings. The average Bonchev–Trinajstić information content (AvgIpc) is 2.29. The first-order chi connectivity index (χ1) is 7.58. The zero-order valence-corrected chi connectivity index (χ0v) is 9.46. The van der Waals surface area contributed by atoms with Crippen molar-refractivity contribution in [2.45, 2.75) is 26.3 Å². The summed E-state index contributed by atoms with van der Waals surface area (Å²) < 4.78 is 13.2. The zero-order chi connectivity index (χ0) is 12.1. The number of benzene rings is 1. The number of hydrogen-bond acceptors (Lipinski definition) is 2. The molecule has 0 heterocycles. The van der Waals surface area contributed by atoms with Gasteiger partial charge in [-0.3, -0.25) is 4.79 Å². The predicted octanol–water partition coefficient (Wildman–Crippen LogP) is 1.63. The summed E-state index contributed by atoms with van der Waals surface area (Å²) in [4.78, 5) is 11.6. The highest BCUT2D eigenvalue weighted by atomic mass is 19.1. The lowest BCUT2D eigenvalue weighted by Crippen LogP contribution is -2.36. The van der Waals surface area contributed by atoms with Crippen LogP contribution in [-0.2, 0) is 0 Å². The number of carbonyl (C=O) groups is 1. The number of aliphatic hydroxyl groups is 1. The van der Waals surface area contributed by atoms with E-state index in [1.807, 2.05) is 6.92 Å². The number of hydrogen-bond donors (Lipinski definition) is 2. The molecule has 0 radical (unpaired) electrons. The van der Waals surface area contributed by atoms with Crippen LogP contribution >= 0.6 is 0 Å². The Balaban J connectivity index is 2.76. The number of aliphatic hydroxyl groups excluding tert-OH is 1. The van der Waals surface area contributed by atoms with Gasteiger partial charge >= 0.3 is 0 Å². The van der Waals surface area contributed by atoms with Crippen LogP contribution in [0.3, 0.4) is 0 Å². The number of aryl methyl sites for hydroxylation is 1. The molecule has 0 spiro atoms. The smallest absolute Gasteiger partial charge is 0.251 e. The maximum absolute atomic E-state index is 13.2. The maximum Gasteiger partial charge on any atom is 0.251 e. The number of rotatable bonds is 4. The molecule has 4 heteroatoms. The summed E-state index contributed by atoms with van der Waals surface area (Å²) in [6.45, 7) is 3.38. The largest absolute Gasteiger partial charge is 0.394 e. The Morgan fingerprint density at radius 1 is 1.56 bits per heavy atom. The van der Waals surface area contributed by atoms with E-state index >= 15 is 0 Å². The Bertz CT molecular complexity index is 375. The lowest BCUT2D eigenvalue weighted by molar-refractivity contribution is 0.0914. The molecular weight excluding hydrogens is 209 g/mol. The van der Waals surface area contributed by atoms with Gasteiger partial charge < -0.3 is 10.4 Å². The van der Waals surface area contributed by atoms with Gasteiger partial charge in [0.15, 0.2) is 0 Å². The van der Waals surface area contributed by atoms with E-state index in [4.69, 9.17) is 5.11 Å². The van der Waals surface area contributed by atoms with Crippen LogP contribution in [0.2, 0.25) is 0 Å². The second-order valence-electron chi connectivity index (χ2n) is 3.73. The molecule has 1 amide bonds. The molecule has 88 valence electrons. The summed E-state index contributed by atoms with van der Waals surface area (Å²) in [5.41, 5.74) is 0.778. The van der Waals surface area contributed by atoms with Crippen LogP contribution in [0, 0.1) is 12.7 Å². The second-order valence-corrected chi connectivity index (χ2v) is 3.73. The van der Waals surface area contributed by atoms with E-state index in [0.29, 0.717) is 12.0 Å². The van der Waals surface area contributed by atoms with Gasteiger partial charge in [-0.1, -0.05) is 13.0 Å². The third-order valence-corrected chi connectivity index (χ3v) is 2.48. The van der Waals surface area contributed by atoms with E-state index in [9.17, 15) is 9.18 Å². The summed E-state index contributed by atoms with van der Waals surface area (Å²) in [7, 11) is 0. The molecule has 0 aliphatic heterocycles. The minimum absolute atomic E-state index is 0.115. The van der Waals surface area contributed by atoms with Gasteiger partial charge in [0.05, 0.1) is 12.6 Å². The molecule has 16 heavy (non-hydrogen) atoms. The molecule has 3 nitrogen and oxygen atoms in total. The van der Waals surface area contributed by atoms with Gasteiger partial charge in [-0.2, -0.15) is 0 Å². The molecular formula is C12H16FNO2. The SMILES string of the molecule is CC[C@@H](CO)NC(=O)c1ccc(C)c(F)c1. The van der Waals surface area contributed by atoms with E-state index in [0.717, 1.165) is 0 Å². The monoisotopic (exact) mass is 225 g/mol. The average molecular weight is 225 g/mol. The fourth-order valence-electron chi connectivity index (χ4n) is 1.28. The van der Waals surface area contributed by atoms with Crippen molar-refractivity contribution >= 4 is 5.91 Å². The highest BCUT2D eigenvalue weighted by Gasteiger charge is 2.12. The molecule has 0 aliphatic rings. The van der Waals surface area contributed by atoms with Crippen molar-refractivity contribution in [1.82, 2.24) is 5.32 Å². The van der Waals surface area contributed by atoms with Crippen LogP contribution in [0.1, 0.15) is 29.3 Å². The Morgan fingerprint density at radius 3 is 2.75 bits per heavy atom. The molecule has 0 bridgehead atoms. The van der Waals surface area contributed by atoms with Gasteiger partial charge in [-0.25, -0.2) is 4.39 Å². The van der Waals surface area contributed by atoms with Crippen LogP contribution in [0.4, 0.5) is 4.39 Å². The zero-order valence-electron chi connectivity index (χ0n) is 9.46. The first-order valence-electron chi connectivity index (χ1n) is 5.26. The van der Waals surface area contributed by atoms with Gasteiger partial charge in [-0.05, 0) is 31.0 Å². The van der Waals surface area contributed by atoms with Crippen molar-refractivity contribution in [2.24, 2.45) is 0 Å². The van der Waals surface area contributed by atoms with E-state index in [1.54, 1.807) is 19.1 Å². The third-order valence-electron chi connectivity index (χ3n) is 2.48. The molecule has 1 aromatic rings. The fourth-order valence-corrected chi connectivity index (χ4v) is 1.28. The predicted molar refractivity (Wildman–Crippen MR) is 59.8 cm³/mol. The molecule has 0 aliphatic carbocycles. The van der Waals surface area contributed by atoms with Gasteiger partial charge in [0.25, 0.3) is 5.91 Å². The van der Waals surface area contributed by atoms with Gasteiger partial charge in [-0.15, -0.1) is 0 Å². The number of nitrogens with one attached hydrogen (secondary N) is 1. The summed E-state index contributed by atoms with van der Waals surface area (Å²) in [5, 5.41) is 11.6. The quantitative estimate of drug-likeness (QED) is 0.818. The molecule has 0 aromatic heterocycles. The summed E-state index contributed by atoms with van der Waals surface area (Å²) in [5.74, 6) is -0.760. The standard InChI is InChI=1S/C12H16FNO2/c1-3-10(7-15)14-12(16)9-5-4-8(2)11(13)6-9/h4-6,10,15H,3,7H2,1-2H3,(H,14,16)/t10-/m0/s1. The molecule has 1 aromatic carbocycles. The fraction of sp³-hybridized carbons (Fsp3) is 0.417. The first-order valence-corrected chi connectivity index (χ1v) is 5.26. The van der Waals surface area contributed by atoms with Crippen LogP contribution < -0.4 is 5.32 Å². The van der Waals surface area contributed by atoms with Crippen molar-refractivity contribution in [1.29, 1.82) is 0 Å². The highest BCUT2D eigenvalue weighted by Crippen LogP contribution is 2.09. The Labute approximate surface area is 94.3 Å². The summed E-state index contributed by atoms with van der Waals surface area (Å²) >= 11 is 0. The van der Waals surface area contributed by atoms with Crippen molar-refractivity contribution in [3.63, 3.8) is 0 Å². The van der Waals surface area contributed by atoms with E-state index in [-0.39, 0.29) is 24.1 Å².